The van der Waals surface area contributed by atoms with Gasteiger partial charge in [-0.15, -0.1) is 0 Å². The van der Waals surface area contributed by atoms with Crippen molar-refractivity contribution >= 4 is 56.2 Å². The summed E-state index contributed by atoms with van der Waals surface area (Å²) in [5.41, 5.74) is 0.542. The number of hydrogen-bond donors (Lipinski definition) is 1. The van der Waals surface area contributed by atoms with Crippen molar-refractivity contribution in [2.24, 2.45) is 0 Å². The van der Waals surface area contributed by atoms with Gasteiger partial charge in [-0.2, -0.15) is 4.31 Å². The van der Waals surface area contributed by atoms with Gasteiger partial charge in [0.15, 0.2) is 22.6 Å². The van der Waals surface area contributed by atoms with Crippen LogP contribution in [-0.2, 0) is 10.0 Å². The molecule has 1 fully saturated rings. The molecule has 1 aliphatic rings. The van der Waals surface area contributed by atoms with E-state index in [2.05, 4.69) is 5.32 Å². The second-order valence-electron chi connectivity index (χ2n) is 6.12. The fourth-order valence-electron chi connectivity index (χ4n) is 2.76. The number of sulfonamides is 1. The molecule has 12 heteroatoms. The maximum absolute atomic E-state index is 13.9. The first kappa shape index (κ1) is 22.1. The lowest BCUT2D eigenvalue weighted by Gasteiger charge is -2.35. The highest BCUT2D eigenvalue weighted by molar-refractivity contribution is 7.89. The Labute approximate surface area is 181 Å². The van der Waals surface area contributed by atoms with Gasteiger partial charge in [0.2, 0.25) is 10.0 Å². The third kappa shape index (κ3) is 4.61. The van der Waals surface area contributed by atoms with E-state index in [4.69, 9.17) is 35.4 Å². The van der Waals surface area contributed by atoms with Gasteiger partial charge in [0.25, 0.3) is 0 Å². The molecule has 3 rings (SSSR count). The number of benzene rings is 2. The summed E-state index contributed by atoms with van der Waals surface area (Å²) in [4.78, 5) is 0.812. The molecule has 1 aliphatic heterocycles. The molecule has 156 valence electrons. The molecule has 0 aliphatic carbocycles. The lowest BCUT2D eigenvalue weighted by atomic mass is 10.3. The number of hydrogen-bond acceptors (Lipinski definition) is 3. The second-order valence-corrected chi connectivity index (χ2v) is 9.26. The summed E-state index contributed by atoms with van der Waals surface area (Å²) >= 11 is 17.3. The van der Waals surface area contributed by atoms with Crippen molar-refractivity contribution in [1.82, 2.24) is 9.21 Å². The Balaban J connectivity index is 1.68. The topological polar surface area (TPSA) is 52.7 Å². The zero-order valence-electron chi connectivity index (χ0n) is 14.6. The molecular weight excluding hydrogens is 470 g/mol. The van der Waals surface area contributed by atoms with E-state index in [1.807, 2.05) is 0 Å². The second kappa shape index (κ2) is 8.65. The van der Waals surface area contributed by atoms with Gasteiger partial charge in [-0.3, -0.25) is 0 Å². The Bertz CT molecular complexity index is 1060. The fourth-order valence-corrected chi connectivity index (χ4v) is 4.99. The van der Waals surface area contributed by atoms with Gasteiger partial charge in [0, 0.05) is 31.2 Å². The van der Waals surface area contributed by atoms with Gasteiger partial charge in [-0.25, -0.2) is 21.6 Å². The van der Waals surface area contributed by atoms with Gasteiger partial charge in [-0.05, 0) is 42.5 Å². The van der Waals surface area contributed by atoms with Crippen molar-refractivity contribution in [3.8, 4) is 0 Å². The molecular formula is C17H14Cl2F3N3O2S2. The summed E-state index contributed by atoms with van der Waals surface area (Å²) in [6, 6.07) is 6.14. The van der Waals surface area contributed by atoms with Crippen LogP contribution in [0.4, 0.5) is 18.9 Å². The summed E-state index contributed by atoms with van der Waals surface area (Å²) in [7, 11) is -4.33. The Morgan fingerprint density at radius 3 is 2.28 bits per heavy atom. The van der Waals surface area contributed by atoms with E-state index in [-0.39, 0.29) is 26.2 Å². The number of anilines is 1. The highest BCUT2D eigenvalue weighted by atomic mass is 35.5. The number of nitrogens with one attached hydrogen (secondary N) is 1. The van der Waals surface area contributed by atoms with Crippen LogP contribution in [0.1, 0.15) is 0 Å². The fraction of sp³-hybridized carbons (Fsp3) is 0.235. The zero-order valence-corrected chi connectivity index (χ0v) is 17.8. The minimum atomic E-state index is -4.33. The first-order chi connectivity index (χ1) is 13.6. The molecule has 1 heterocycles. The average molecular weight is 484 g/mol. The van der Waals surface area contributed by atoms with E-state index in [0.29, 0.717) is 33.0 Å². The highest BCUT2D eigenvalue weighted by Gasteiger charge is 2.33. The van der Waals surface area contributed by atoms with Crippen LogP contribution in [0, 0.1) is 17.5 Å². The number of rotatable bonds is 3. The molecule has 2 aromatic rings. The van der Waals surface area contributed by atoms with Crippen LogP contribution in [0.25, 0.3) is 0 Å². The van der Waals surface area contributed by atoms with Gasteiger partial charge in [-0.1, -0.05) is 23.2 Å². The van der Waals surface area contributed by atoms with Crippen LogP contribution in [0.15, 0.2) is 35.2 Å². The van der Waals surface area contributed by atoms with Gasteiger partial charge >= 0.3 is 0 Å². The van der Waals surface area contributed by atoms with E-state index in [0.717, 1.165) is 4.31 Å². The normalized spacial score (nSPS) is 15.4. The predicted octanol–water partition coefficient (Wildman–Crippen LogP) is 4.11. The average Bonchev–Trinajstić information content (AvgIpc) is 2.68. The first-order valence-electron chi connectivity index (χ1n) is 8.26. The van der Waals surface area contributed by atoms with Gasteiger partial charge < -0.3 is 10.2 Å². The van der Waals surface area contributed by atoms with Crippen LogP contribution in [0.2, 0.25) is 10.0 Å². The highest BCUT2D eigenvalue weighted by Crippen LogP contribution is 2.27. The van der Waals surface area contributed by atoms with Crippen LogP contribution in [0.3, 0.4) is 0 Å². The predicted molar refractivity (Wildman–Crippen MR) is 109 cm³/mol. The number of thiocarbonyl (C=S) groups is 1. The van der Waals surface area contributed by atoms with Crippen molar-refractivity contribution < 1.29 is 21.6 Å². The summed E-state index contributed by atoms with van der Waals surface area (Å²) < 4.78 is 66.7. The van der Waals surface area contributed by atoms with Crippen LogP contribution in [0.5, 0.6) is 0 Å². The van der Waals surface area contributed by atoms with E-state index >= 15 is 0 Å². The van der Waals surface area contributed by atoms with E-state index in [1.54, 1.807) is 23.1 Å². The van der Waals surface area contributed by atoms with Gasteiger partial charge in [0.05, 0.1) is 10.7 Å². The Morgan fingerprint density at radius 2 is 1.66 bits per heavy atom. The Kier molecular flexibility index (Phi) is 6.59. The molecule has 0 spiro atoms. The van der Waals surface area contributed by atoms with Crippen molar-refractivity contribution in [2.75, 3.05) is 31.5 Å². The van der Waals surface area contributed by atoms with E-state index < -0.39 is 32.4 Å². The smallest absolute Gasteiger partial charge is 0.246 e. The summed E-state index contributed by atoms with van der Waals surface area (Å²) in [5, 5.41) is 4.12. The van der Waals surface area contributed by atoms with E-state index in [1.165, 1.54) is 0 Å². The zero-order chi connectivity index (χ0) is 21.3. The maximum atomic E-state index is 13.9. The molecule has 29 heavy (non-hydrogen) atoms. The third-order valence-corrected chi connectivity index (χ3v) is 7.14. The minimum absolute atomic E-state index is 0.0169. The number of halogens is 5. The Morgan fingerprint density at radius 1 is 1.00 bits per heavy atom. The molecule has 0 unspecified atom stereocenters. The Hall–Kier alpha value is -1.59. The van der Waals surface area contributed by atoms with E-state index in [9.17, 15) is 21.6 Å². The molecule has 5 nitrogen and oxygen atoms in total. The van der Waals surface area contributed by atoms with Crippen molar-refractivity contribution in [2.45, 2.75) is 4.90 Å². The molecule has 0 amide bonds. The van der Waals surface area contributed by atoms with Crippen LogP contribution < -0.4 is 5.32 Å². The monoisotopic (exact) mass is 483 g/mol. The molecule has 0 bridgehead atoms. The summed E-state index contributed by atoms with van der Waals surface area (Å²) in [6.45, 7) is 0.386. The summed E-state index contributed by atoms with van der Waals surface area (Å²) in [6.07, 6.45) is 0. The molecule has 0 saturated carbocycles. The summed E-state index contributed by atoms with van der Waals surface area (Å²) in [5.74, 6) is -5.01. The molecule has 0 aromatic heterocycles. The standard InChI is InChI=1S/C17H14Cl2F3N3O2S2/c18-10-1-3-13(11(19)9-10)23-17(28)24-5-7-25(8-6-24)29(26,27)14-4-2-12(20)15(21)16(14)22/h1-4,9H,5-8H2,(H,23,28). The van der Waals surface area contributed by atoms with Crippen LogP contribution >= 0.6 is 35.4 Å². The quantitative estimate of drug-likeness (QED) is 0.525. The molecule has 0 radical (unpaired) electrons. The maximum Gasteiger partial charge on any atom is 0.246 e. The molecule has 2 aromatic carbocycles. The lowest BCUT2D eigenvalue weighted by molar-refractivity contribution is 0.267. The molecule has 0 atom stereocenters. The molecule has 1 N–H and O–H groups in total. The SMILES string of the molecule is O=S(=O)(c1ccc(F)c(F)c1F)N1CCN(C(=S)Nc2ccc(Cl)cc2Cl)CC1. The first-order valence-corrected chi connectivity index (χ1v) is 10.9. The number of nitrogens with zero attached hydrogens (tertiary/aromatic N) is 2. The van der Waals surface area contributed by atoms with Gasteiger partial charge in [0.1, 0.15) is 4.90 Å². The van der Waals surface area contributed by atoms with Crippen LogP contribution in [-0.4, -0.2) is 48.9 Å². The number of piperazine rings is 1. The molecule has 1 saturated heterocycles. The van der Waals surface area contributed by atoms with Crippen molar-refractivity contribution in [3.05, 3.63) is 57.8 Å². The minimum Gasteiger partial charge on any atom is -0.346 e. The van der Waals surface area contributed by atoms with Crippen molar-refractivity contribution in [3.63, 3.8) is 0 Å². The lowest BCUT2D eigenvalue weighted by Crippen LogP contribution is -2.51. The largest absolute Gasteiger partial charge is 0.346 e. The van der Waals surface area contributed by atoms with Crippen molar-refractivity contribution in [1.29, 1.82) is 0 Å². The third-order valence-electron chi connectivity index (χ3n) is 4.32.